The fourth-order valence-electron chi connectivity index (χ4n) is 2.44. The van der Waals surface area contributed by atoms with Gasteiger partial charge in [0.1, 0.15) is 23.5 Å². The Morgan fingerprint density at radius 2 is 1.97 bits per heavy atom. The average molecular weight is 391 g/mol. The molecule has 0 spiro atoms. The highest BCUT2D eigenvalue weighted by atomic mass is 16.5. The predicted molar refractivity (Wildman–Crippen MR) is 109 cm³/mol. The maximum absolute atomic E-state index is 12.5. The number of benzene rings is 2. The van der Waals surface area contributed by atoms with E-state index in [1.165, 1.54) is 13.2 Å². The predicted octanol–water partition coefficient (Wildman–Crippen LogP) is 3.93. The van der Waals surface area contributed by atoms with E-state index < -0.39 is 5.91 Å². The molecule has 2 rings (SSSR count). The quantitative estimate of drug-likeness (QED) is 0.540. The summed E-state index contributed by atoms with van der Waals surface area (Å²) in [5.41, 5.74) is 1.02. The minimum atomic E-state index is -0.544. The Labute approximate surface area is 169 Å². The first-order valence-electron chi connectivity index (χ1n) is 8.84. The lowest BCUT2D eigenvalue weighted by molar-refractivity contribution is -0.112. The van der Waals surface area contributed by atoms with Gasteiger partial charge in [-0.15, -0.1) is 0 Å². The molecular weight excluding hydrogens is 370 g/mol. The Kier molecular flexibility index (Phi) is 7.64. The summed E-state index contributed by atoms with van der Waals surface area (Å²) in [5.74, 6) is 0.873. The number of nitrogens with one attached hydrogen (secondary N) is 1. The number of methoxy groups -OCH3 is 1. The van der Waals surface area contributed by atoms with E-state index in [0.29, 0.717) is 28.5 Å². The number of ether oxygens (including phenoxy) is 3. The second-order valence-electron chi connectivity index (χ2n) is 6.18. The lowest BCUT2D eigenvalue weighted by Gasteiger charge is -2.11. The van der Waals surface area contributed by atoms with Crippen molar-refractivity contribution in [3.05, 3.63) is 53.6 Å². The van der Waals surface area contributed by atoms with Crippen LogP contribution in [-0.4, -0.2) is 25.7 Å². The van der Waals surface area contributed by atoms with Gasteiger partial charge in [-0.2, -0.15) is 10.5 Å². The third-order valence-electron chi connectivity index (χ3n) is 3.62. The molecule has 0 saturated carbocycles. The lowest BCUT2D eigenvalue weighted by Crippen LogP contribution is -2.13. The van der Waals surface area contributed by atoms with Crippen molar-refractivity contribution >= 4 is 17.7 Å². The number of hydrogen-bond acceptors (Lipinski definition) is 6. The fraction of sp³-hybridized carbons (Fsp3) is 0.227. The first-order chi connectivity index (χ1) is 14.0. The normalized spacial score (nSPS) is 10.6. The Balaban J connectivity index is 2.20. The molecule has 7 nitrogen and oxygen atoms in total. The number of anilines is 1. The van der Waals surface area contributed by atoms with Crippen LogP contribution in [0.5, 0.6) is 17.2 Å². The second kappa shape index (κ2) is 10.4. The molecule has 1 amide bonds. The number of nitriles is 2. The van der Waals surface area contributed by atoms with Gasteiger partial charge in [-0.05, 0) is 49.8 Å². The fourth-order valence-corrected chi connectivity index (χ4v) is 2.44. The van der Waals surface area contributed by atoms with Gasteiger partial charge in [0.05, 0.1) is 13.2 Å². The molecule has 0 fully saturated rings. The van der Waals surface area contributed by atoms with Crippen LogP contribution in [0.4, 0.5) is 5.69 Å². The molecule has 2 aromatic rings. The molecular formula is C22H21N3O4. The van der Waals surface area contributed by atoms with Crippen LogP contribution in [0.25, 0.3) is 6.08 Å². The SMILES string of the molecule is COc1cc(/C=C(/C#N)C(=O)Nc2cccc(OC(C)C)c2)ccc1OCC#N. The Morgan fingerprint density at radius 1 is 1.17 bits per heavy atom. The zero-order valence-electron chi connectivity index (χ0n) is 16.4. The van der Waals surface area contributed by atoms with E-state index in [1.54, 1.807) is 42.5 Å². The maximum atomic E-state index is 12.5. The monoisotopic (exact) mass is 391 g/mol. The van der Waals surface area contributed by atoms with Crippen LogP contribution in [0.2, 0.25) is 0 Å². The van der Waals surface area contributed by atoms with E-state index in [0.717, 1.165) is 0 Å². The Morgan fingerprint density at radius 3 is 2.62 bits per heavy atom. The summed E-state index contributed by atoms with van der Waals surface area (Å²) in [7, 11) is 1.46. The van der Waals surface area contributed by atoms with Crippen molar-refractivity contribution in [3.63, 3.8) is 0 Å². The summed E-state index contributed by atoms with van der Waals surface area (Å²) < 4.78 is 16.1. The van der Waals surface area contributed by atoms with Crippen LogP contribution in [0.3, 0.4) is 0 Å². The number of nitrogens with zero attached hydrogens (tertiary/aromatic N) is 2. The molecule has 0 aliphatic heterocycles. The second-order valence-corrected chi connectivity index (χ2v) is 6.18. The molecule has 0 heterocycles. The van der Waals surface area contributed by atoms with Gasteiger partial charge in [0.2, 0.25) is 0 Å². The summed E-state index contributed by atoms with van der Waals surface area (Å²) in [6.07, 6.45) is 1.45. The highest BCUT2D eigenvalue weighted by Crippen LogP contribution is 2.29. The van der Waals surface area contributed by atoms with Crippen LogP contribution in [0.1, 0.15) is 19.4 Å². The van der Waals surface area contributed by atoms with Gasteiger partial charge in [-0.3, -0.25) is 4.79 Å². The smallest absolute Gasteiger partial charge is 0.266 e. The summed E-state index contributed by atoms with van der Waals surface area (Å²) in [6.45, 7) is 3.70. The van der Waals surface area contributed by atoms with Gasteiger partial charge in [0, 0.05) is 11.8 Å². The highest BCUT2D eigenvalue weighted by molar-refractivity contribution is 6.09. The summed E-state index contributed by atoms with van der Waals surface area (Å²) in [4.78, 5) is 12.5. The summed E-state index contributed by atoms with van der Waals surface area (Å²) in [5, 5.41) is 20.7. The topological polar surface area (TPSA) is 104 Å². The first-order valence-corrected chi connectivity index (χ1v) is 8.84. The summed E-state index contributed by atoms with van der Waals surface area (Å²) in [6, 6.07) is 15.6. The molecule has 0 saturated heterocycles. The molecule has 0 atom stereocenters. The van der Waals surface area contributed by atoms with E-state index in [1.807, 2.05) is 26.0 Å². The largest absolute Gasteiger partial charge is 0.493 e. The van der Waals surface area contributed by atoms with Crippen LogP contribution in [0, 0.1) is 22.7 Å². The standard InChI is InChI=1S/C22H21N3O4/c1-15(2)29-19-6-4-5-18(13-19)25-22(26)17(14-24)11-16-7-8-20(28-10-9-23)21(12-16)27-3/h4-8,11-13,15H,10H2,1-3H3,(H,25,26)/b17-11-. The van der Waals surface area contributed by atoms with E-state index in [9.17, 15) is 10.1 Å². The summed E-state index contributed by atoms with van der Waals surface area (Å²) >= 11 is 0. The maximum Gasteiger partial charge on any atom is 0.266 e. The number of hydrogen-bond donors (Lipinski definition) is 1. The van der Waals surface area contributed by atoms with Gasteiger partial charge >= 0.3 is 0 Å². The van der Waals surface area contributed by atoms with Gasteiger partial charge in [-0.25, -0.2) is 0 Å². The van der Waals surface area contributed by atoms with Crippen molar-refractivity contribution in [1.82, 2.24) is 0 Å². The van der Waals surface area contributed by atoms with Crippen LogP contribution < -0.4 is 19.5 Å². The first kappa shape index (κ1) is 21.3. The molecule has 148 valence electrons. The van der Waals surface area contributed by atoms with Gasteiger partial charge < -0.3 is 19.5 Å². The third-order valence-corrected chi connectivity index (χ3v) is 3.62. The van der Waals surface area contributed by atoms with E-state index in [-0.39, 0.29) is 18.3 Å². The number of carbonyl (C=O) groups excluding carboxylic acids is 1. The van der Waals surface area contributed by atoms with Crippen molar-refractivity contribution in [2.24, 2.45) is 0 Å². The number of amides is 1. The zero-order chi connectivity index (χ0) is 21.2. The van der Waals surface area contributed by atoms with Gasteiger partial charge in [-0.1, -0.05) is 12.1 Å². The third kappa shape index (κ3) is 6.30. The molecule has 0 radical (unpaired) electrons. The zero-order valence-corrected chi connectivity index (χ0v) is 16.4. The minimum Gasteiger partial charge on any atom is -0.493 e. The number of carbonyl (C=O) groups is 1. The van der Waals surface area contributed by atoms with Crippen molar-refractivity contribution in [3.8, 4) is 29.4 Å². The molecule has 29 heavy (non-hydrogen) atoms. The molecule has 2 aromatic carbocycles. The van der Waals surface area contributed by atoms with Crippen molar-refractivity contribution in [2.75, 3.05) is 19.0 Å². The highest BCUT2D eigenvalue weighted by Gasteiger charge is 2.12. The lowest BCUT2D eigenvalue weighted by atomic mass is 10.1. The van der Waals surface area contributed by atoms with Gasteiger partial charge in [0.15, 0.2) is 18.1 Å². The van der Waals surface area contributed by atoms with Crippen LogP contribution in [-0.2, 0) is 4.79 Å². The molecule has 1 N–H and O–H groups in total. The van der Waals surface area contributed by atoms with Gasteiger partial charge in [0.25, 0.3) is 5.91 Å². The molecule has 0 aromatic heterocycles. The van der Waals surface area contributed by atoms with Crippen molar-refractivity contribution in [1.29, 1.82) is 10.5 Å². The van der Waals surface area contributed by atoms with Crippen LogP contribution in [0.15, 0.2) is 48.0 Å². The molecule has 0 bridgehead atoms. The number of rotatable bonds is 8. The minimum absolute atomic E-state index is 0.00519. The van der Waals surface area contributed by atoms with E-state index in [4.69, 9.17) is 19.5 Å². The van der Waals surface area contributed by atoms with Crippen LogP contribution >= 0.6 is 0 Å². The van der Waals surface area contributed by atoms with Crippen molar-refractivity contribution in [2.45, 2.75) is 20.0 Å². The van der Waals surface area contributed by atoms with E-state index >= 15 is 0 Å². The Bertz CT molecular complexity index is 984. The molecule has 0 aliphatic rings. The molecule has 0 unspecified atom stereocenters. The average Bonchev–Trinajstić information content (AvgIpc) is 2.70. The molecule has 7 heteroatoms. The Hall–Kier alpha value is -3.97. The van der Waals surface area contributed by atoms with Crippen molar-refractivity contribution < 1.29 is 19.0 Å². The van der Waals surface area contributed by atoms with E-state index in [2.05, 4.69) is 5.32 Å². The molecule has 0 aliphatic carbocycles.